The summed E-state index contributed by atoms with van der Waals surface area (Å²) < 4.78 is 0. The Hall–Kier alpha value is -1.10. The minimum atomic E-state index is 0.0683. The predicted octanol–water partition coefficient (Wildman–Crippen LogP) is 2.08. The molecular formula is C13H17ClN2O2. The maximum atomic E-state index is 12.2. The molecule has 0 bridgehead atoms. The molecule has 0 spiro atoms. The van der Waals surface area contributed by atoms with Gasteiger partial charge in [-0.3, -0.25) is 4.79 Å². The number of amides is 1. The largest absolute Gasteiger partial charge is 0.339 e. The number of hydrogen-bond acceptors (Lipinski definition) is 3. The normalized spacial score (nSPS) is 16.9. The van der Waals surface area contributed by atoms with Crippen LogP contribution >= 0.6 is 11.6 Å². The first kappa shape index (κ1) is 13.3. The van der Waals surface area contributed by atoms with E-state index < -0.39 is 0 Å². The molecule has 0 unspecified atom stereocenters. The molecule has 1 heterocycles. The summed E-state index contributed by atoms with van der Waals surface area (Å²) in [6, 6.07) is 7.01. The van der Waals surface area contributed by atoms with Crippen molar-refractivity contribution in [2.45, 2.75) is 12.8 Å². The number of nitrogens with zero attached hydrogens (tertiary/aromatic N) is 1. The first-order chi connectivity index (χ1) is 8.70. The van der Waals surface area contributed by atoms with E-state index >= 15 is 0 Å². The second kappa shape index (κ2) is 6.18. The Bertz CT molecular complexity index is 400. The molecule has 1 saturated heterocycles. The highest BCUT2D eigenvalue weighted by atomic mass is 35.5. The SMILES string of the molecule is NOCC1CCN(C(=O)c2ccc(Cl)cc2)CC1. The van der Waals surface area contributed by atoms with E-state index in [-0.39, 0.29) is 5.91 Å². The fourth-order valence-electron chi connectivity index (χ4n) is 2.21. The number of carbonyl (C=O) groups excluding carboxylic acids is 1. The standard InChI is InChI=1S/C13H17ClN2O2/c14-12-3-1-11(2-4-12)13(17)16-7-5-10(6-8-16)9-18-15/h1-4,10H,5-9,15H2. The minimum absolute atomic E-state index is 0.0683. The third-order valence-corrected chi connectivity index (χ3v) is 3.58. The van der Waals surface area contributed by atoms with Gasteiger partial charge >= 0.3 is 0 Å². The Labute approximate surface area is 112 Å². The summed E-state index contributed by atoms with van der Waals surface area (Å²) in [4.78, 5) is 18.7. The molecule has 1 aromatic carbocycles. The van der Waals surface area contributed by atoms with Crippen LogP contribution < -0.4 is 5.90 Å². The average Bonchev–Trinajstić information content (AvgIpc) is 2.40. The lowest BCUT2D eigenvalue weighted by atomic mass is 9.97. The molecule has 18 heavy (non-hydrogen) atoms. The number of hydrogen-bond donors (Lipinski definition) is 1. The molecule has 0 aliphatic carbocycles. The molecular weight excluding hydrogens is 252 g/mol. The number of likely N-dealkylation sites (tertiary alicyclic amines) is 1. The summed E-state index contributed by atoms with van der Waals surface area (Å²) in [7, 11) is 0. The van der Waals surface area contributed by atoms with Crippen LogP contribution in [0.5, 0.6) is 0 Å². The maximum Gasteiger partial charge on any atom is 0.253 e. The molecule has 1 aliphatic heterocycles. The van der Waals surface area contributed by atoms with E-state index in [0.29, 0.717) is 23.1 Å². The molecule has 0 aromatic heterocycles. The fourth-order valence-corrected chi connectivity index (χ4v) is 2.34. The van der Waals surface area contributed by atoms with E-state index in [1.807, 2.05) is 4.90 Å². The van der Waals surface area contributed by atoms with Crippen LogP contribution in [0.2, 0.25) is 5.02 Å². The van der Waals surface area contributed by atoms with Crippen molar-refractivity contribution in [3.8, 4) is 0 Å². The molecule has 98 valence electrons. The molecule has 1 aromatic rings. The van der Waals surface area contributed by atoms with Crippen molar-refractivity contribution < 1.29 is 9.63 Å². The average molecular weight is 269 g/mol. The van der Waals surface area contributed by atoms with Crippen molar-refractivity contribution in [1.29, 1.82) is 0 Å². The lowest BCUT2D eigenvalue weighted by Gasteiger charge is -2.31. The van der Waals surface area contributed by atoms with Crippen LogP contribution in [-0.4, -0.2) is 30.5 Å². The molecule has 4 nitrogen and oxygen atoms in total. The Balaban J connectivity index is 1.93. The number of benzene rings is 1. The van der Waals surface area contributed by atoms with Gasteiger partial charge in [-0.2, -0.15) is 0 Å². The molecule has 0 saturated carbocycles. The Kier molecular flexibility index (Phi) is 4.58. The topological polar surface area (TPSA) is 55.6 Å². The van der Waals surface area contributed by atoms with Crippen molar-refractivity contribution in [3.63, 3.8) is 0 Å². The Morgan fingerprint density at radius 3 is 2.50 bits per heavy atom. The van der Waals surface area contributed by atoms with Crippen LogP contribution in [0.4, 0.5) is 0 Å². The van der Waals surface area contributed by atoms with Crippen LogP contribution in [-0.2, 0) is 4.84 Å². The van der Waals surface area contributed by atoms with E-state index in [4.69, 9.17) is 17.5 Å². The highest BCUT2D eigenvalue weighted by molar-refractivity contribution is 6.30. The number of halogens is 1. The highest BCUT2D eigenvalue weighted by Crippen LogP contribution is 2.19. The zero-order valence-corrected chi connectivity index (χ0v) is 10.9. The third kappa shape index (κ3) is 3.22. The number of rotatable bonds is 3. The second-order valence-electron chi connectivity index (χ2n) is 4.58. The number of piperidine rings is 1. The lowest BCUT2D eigenvalue weighted by molar-refractivity contribution is 0.0525. The molecule has 1 aliphatic rings. The molecule has 2 N–H and O–H groups in total. The van der Waals surface area contributed by atoms with E-state index in [1.54, 1.807) is 24.3 Å². The lowest BCUT2D eigenvalue weighted by Crippen LogP contribution is -2.39. The minimum Gasteiger partial charge on any atom is -0.339 e. The number of carbonyl (C=O) groups is 1. The Morgan fingerprint density at radius 2 is 1.94 bits per heavy atom. The van der Waals surface area contributed by atoms with Crippen LogP contribution in [0.3, 0.4) is 0 Å². The van der Waals surface area contributed by atoms with Gasteiger partial charge in [-0.15, -0.1) is 0 Å². The van der Waals surface area contributed by atoms with E-state index in [2.05, 4.69) is 4.84 Å². The van der Waals surface area contributed by atoms with Gasteiger partial charge < -0.3 is 9.74 Å². The van der Waals surface area contributed by atoms with Crippen LogP contribution in [0, 0.1) is 5.92 Å². The highest BCUT2D eigenvalue weighted by Gasteiger charge is 2.23. The molecule has 2 rings (SSSR count). The van der Waals surface area contributed by atoms with Gasteiger partial charge in [-0.25, -0.2) is 5.90 Å². The molecule has 0 radical (unpaired) electrons. The van der Waals surface area contributed by atoms with Crippen LogP contribution in [0.15, 0.2) is 24.3 Å². The zero-order valence-electron chi connectivity index (χ0n) is 10.1. The summed E-state index contributed by atoms with van der Waals surface area (Å²) in [5, 5.41) is 0.644. The van der Waals surface area contributed by atoms with Gasteiger partial charge in [0.2, 0.25) is 0 Å². The first-order valence-electron chi connectivity index (χ1n) is 6.07. The second-order valence-corrected chi connectivity index (χ2v) is 5.01. The van der Waals surface area contributed by atoms with Crippen molar-refractivity contribution in [2.24, 2.45) is 11.8 Å². The summed E-state index contributed by atoms with van der Waals surface area (Å²) in [6.45, 7) is 2.09. The quantitative estimate of drug-likeness (QED) is 0.854. The molecule has 1 fully saturated rings. The first-order valence-corrected chi connectivity index (χ1v) is 6.45. The molecule has 5 heteroatoms. The van der Waals surface area contributed by atoms with Crippen LogP contribution in [0.25, 0.3) is 0 Å². The van der Waals surface area contributed by atoms with Crippen molar-refractivity contribution >= 4 is 17.5 Å². The summed E-state index contributed by atoms with van der Waals surface area (Å²) >= 11 is 5.81. The van der Waals surface area contributed by atoms with Crippen LogP contribution in [0.1, 0.15) is 23.2 Å². The van der Waals surface area contributed by atoms with E-state index in [9.17, 15) is 4.79 Å². The van der Waals surface area contributed by atoms with Crippen molar-refractivity contribution in [2.75, 3.05) is 19.7 Å². The van der Waals surface area contributed by atoms with Gasteiger partial charge in [0.05, 0.1) is 6.61 Å². The zero-order chi connectivity index (χ0) is 13.0. The van der Waals surface area contributed by atoms with E-state index in [0.717, 1.165) is 25.9 Å². The van der Waals surface area contributed by atoms with Gasteiger partial charge in [-0.1, -0.05) is 11.6 Å². The number of nitrogens with two attached hydrogens (primary N) is 1. The summed E-state index contributed by atoms with van der Waals surface area (Å²) in [5.41, 5.74) is 0.688. The maximum absolute atomic E-state index is 12.2. The van der Waals surface area contributed by atoms with Gasteiger partial charge in [0.1, 0.15) is 0 Å². The predicted molar refractivity (Wildman–Crippen MR) is 70.2 cm³/mol. The smallest absolute Gasteiger partial charge is 0.253 e. The molecule has 1 amide bonds. The summed E-state index contributed by atoms with van der Waals surface area (Å²) in [5.74, 6) is 5.60. The third-order valence-electron chi connectivity index (χ3n) is 3.32. The van der Waals surface area contributed by atoms with Crippen molar-refractivity contribution in [3.05, 3.63) is 34.9 Å². The van der Waals surface area contributed by atoms with Gasteiger partial charge in [0, 0.05) is 23.7 Å². The van der Waals surface area contributed by atoms with Crippen molar-refractivity contribution in [1.82, 2.24) is 4.90 Å². The fraction of sp³-hybridized carbons (Fsp3) is 0.462. The Morgan fingerprint density at radius 1 is 1.33 bits per heavy atom. The van der Waals surface area contributed by atoms with Gasteiger partial charge in [-0.05, 0) is 43.0 Å². The van der Waals surface area contributed by atoms with Gasteiger partial charge in [0.15, 0.2) is 0 Å². The van der Waals surface area contributed by atoms with E-state index in [1.165, 1.54) is 0 Å². The monoisotopic (exact) mass is 268 g/mol. The summed E-state index contributed by atoms with van der Waals surface area (Å²) in [6.07, 6.45) is 1.88. The molecule has 0 atom stereocenters. The van der Waals surface area contributed by atoms with Gasteiger partial charge in [0.25, 0.3) is 5.91 Å².